The van der Waals surface area contributed by atoms with E-state index in [1.165, 1.54) is 24.3 Å². The molecule has 0 saturated heterocycles. The summed E-state index contributed by atoms with van der Waals surface area (Å²) < 4.78 is 28.8. The van der Waals surface area contributed by atoms with Crippen molar-refractivity contribution in [2.24, 2.45) is 0 Å². The standard InChI is InChI=1S/C8H10N2O4S.K.H/c1-14-8(11)10-15(12,13)7-4-2-6(9)3-5-7;;/h2-5H,9H2,1H3,(H,10,11);;/q;+1;-1. The minimum atomic E-state index is -3.87. The number of methoxy groups -OCH3 is 1. The zero-order valence-corrected chi connectivity index (χ0v) is 12.9. The molecule has 0 aliphatic heterocycles. The molecule has 1 rings (SSSR count). The zero-order valence-electron chi connectivity index (χ0n) is 9.93. The maximum Gasteiger partial charge on any atom is 1.00 e. The molecule has 0 saturated carbocycles. The Labute approximate surface area is 137 Å². The summed E-state index contributed by atoms with van der Waals surface area (Å²) in [6.07, 6.45) is -1.04. The van der Waals surface area contributed by atoms with Gasteiger partial charge in [-0.1, -0.05) is 0 Å². The Bertz CT molecular complexity index is 463. The first kappa shape index (κ1) is 15.9. The van der Waals surface area contributed by atoms with Gasteiger partial charge in [-0.25, -0.2) is 17.9 Å². The van der Waals surface area contributed by atoms with Crippen molar-refractivity contribution in [1.29, 1.82) is 0 Å². The molecule has 0 unspecified atom stereocenters. The molecule has 8 heteroatoms. The number of hydrogen-bond donors (Lipinski definition) is 2. The second-order valence-corrected chi connectivity index (χ2v) is 4.35. The van der Waals surface area contributed by atoms with Gasteiger partial charge in [-0.15, -0.1) is 0 Å². The van der Waals surface area contributed by atoms with Crippen LogP contribution in [0.1, 0.15) is 1.43 Å². The van der Waals surface area contributed by atoms with Crippen LogP contribution in [0.4, 0.5) is 10.5 Å². The molecule has 1 aromatic rings. The van der Waals surface area contributed by atoms with Gasteiger partial charge in [-0.2, -0.15) is 0 Å². The molecule has 84 valence electrons. The van der Waals surface area contributed by atoms with Gasteiger partial charge in [-0.3, -0.25) is 0 Å². The fourth-order valence-corrected chi connectivity index (χ4v) is 1.77. The summed E-state index contributed by atoms with van der Waals surface area (Å²) in [5.41, 5.74) is 5.83. The number of nitrogens with two attached hydrogens (primary N) is 1. The number of carbonyl (C=O) groups is 1. The number of nitrogens with one attached hydrogen (secondary N) is 1. The first-order valence-electron chi connectivity index (χ1n) is 3.92. The van der Waals surface area contributed by atoms with Crippen LogP contribution in [-0.2, 0) is 14.8 Å². The van der Waals surface area contributed by atoms with E-state index in [9.17, 15) is 13.2 Å². The number of rotatable bonds is 2. The topological polar surface area (TPSA) is 98.5 Å². The molecule has 1 amide bonds. The average molecular weight is 270 g/mol. The van der Waals surface area contributed by atoms with E-state index in [-0.39, 0.29) is 57.7 Å². The van der Waals surface area contributed by atoms with Crippen LogP contribution in [0, 0.1) is 0 Å². The van der Waals surface area contributed by atoms with E-state index in [1.54, 1.807) is 4.72 Å². The predicted octanol–water partition coefficient (Wildman–Crippen LogP) is -2.57. The van der Waals surface area contributed by atoms with Gasteiger partial charge in [-0.05, 0) is 24.3 Å². The van der Waals surface area contributed by atoms with Crippen molar-refractivity contribution in [3.8, 4) is 0 Å². The third-order valence-electron chi connectivity index (χ3n) is 1.59. The van der Waals surface area contributed by atoms with Crippen molar-refractivity contribution in [1.82, 2.24) is 4.72 Å². The maximum atomic E-state index is 11.5. The Morgan fingerprint density at radius 1 is 1.38 bits per heavy atom. The van der Waals surface area contributed by atoms with Gasteiger partial charge in [0, 0.05) is 5.69 Å². The molecule has 3 N–H and O–H groups in total. The van der Waals surface area contributed by atoms with E-state index in [0.717, 1.165) is 7.11 Å². The molecule has 6 nitrogen and oxygen atoms in total. The minimum Gasteiger partial charge on any atom is -1.00 e. The number of hydrogen-bond acceptors (Lipinski definition) is 5. The van der Waals surface area contributed by atoms with E-state index >= 15 is 0 Å². The molecule has 0 aliphatic rings. The number of benzene rings is 1. The molecule has 0 aliphatic carbocycles. The monoisotopic (exact) mass is 270 g/mol. The van der Waals surface area contributed by atoms with Crippen molar-refractivity contribution in [2.45, 2.75) is 4.90 Å². The SMILES string of the molecule is COC(=O)NS(=O)(=O)c1ccc(N)cc1.[H-].[K+]. The van der Waals surface area contributed by atoms with Crippen LogP contribution in [0.15, 0.2) is 29.2 Å². The van der Waals surface area contributed by atoms with Gasteiger partial charge < -0.3 is 11.9 Å². The van der Waals surface area contributed by atoms with Crippen molar-refractivity contribution < 1.29 is 70.8 Å². The van der Waals surface area contributed by atoms with Gasteiger partial charge >= 0.3 is 57.5 Å². The van der Waals surface area contributed by atoms with Gasteiger partial charge in [0.15, 0.2) is 0 Å². The Morgan fingerprint density at radius 2 is 1.88 bits per heavy atom. The third kappa shape index (κ3) is 4.40. The van der Waals surface area contributed by atoms with Crippen LogP contribution in [0.2, 0.25) is 0 Å². The quantitative estimate of drug-likeness (QED) is 0.455. The molecule has 16 heavy (non-hydrogen) atoms. The molecule has 0 aromatic heterocycles. The Hall–Kier alpha value is -0.124. The van der Waals surface area contributed by atoms with E-state index in [2.05, 4.69) is 4.74 Å². The fourth-order valence-electron chi connectivity index (χ4n) is 0.857. The number of carbonyl (C=O) groups excluding carboxylic acids is 1. The molecule has 1 aromatic carbocycles. The van der Waals surface area contributed by atoms with E-state index in [1.807, 2.05) is 0 Å². The number of anilines is 1. The Morgan fingerprint density at radius 3 is 2.31 bits per heavy atom. The van der Waals surface area contributed by atoms with Crippen molar-refractivity contribution >= 4 is 21.8 Å². The molecule has 0 atom stereocenters. The largest absolute Gasteiger partial charge is 1.00 e. The summed E-state index contributed by atoms with van der Waals surface area (Å²) in [4.78, 5) is 10.7. The third-order valence-corrected chi connectivity index (χ3v) is 2.92. The van der Waals surface area contributed by atoms with Crippen LogP contribution in [0.25, 0.3) is 0 Å². The van der Waals surface area contributed by atoms with Gasteiger partial charge in [0.25, 0.3) is 10.0 Å². The number of sulfonamides is 1. The Kier molecular flexibility index (Phi) is 6.52. The van der Waals surface area contributed by atoms with Crippen molar-refractivity contribution in [3.63, 3.8) is 0 Å². The van der Waals surface area contributed by atoms with Crippen LogP contribution < -0.4 is 61.8 Å². The summed E-state index contributed by atoms with van der Waals surface area (Å²) in [6, 6.07) is 5.43. The molecule has 0 spiro atoms. The van der Waals surface area contributed by atoms with E-state index in [4.69, 9.17) is 5.73 Å². The van der Waals surface area contributed by atoms with Crippen molar-refractivity contribution in [3.05, 3.63) is 24.3 Å². The normalized spacial score (nSPS) is 10.1. The van der Waals surface area contributed by atoms with Crippen LogP contribution in [0.3, 0.4) is 0 Å². The number of amides is 1. The predicted molar refractivity (Wildman–Crippen MR) is 54.7 cm³/mol. The van der Waals surface area contributed by atoms with Gasteiger partial charge in [0.2, 0.25) is 0 Å². The van der Waals surface area contributed by atoms with Crippen LogP contribution in [-0.4, -0.2) is 21.6 Å². The molecule has 0 heterocycles. The first-order chi connectivity index (χ1) is 6.95. The second-order valence-electron chi connectivity index (χ2n) is 2.67. The number of nitrogen functional groups attached to an aromatic ring is 1. The summed E-state index contributed by atoms with van der Waals surface area (Å²) in [7, 11) is -2.79. The fraction of sp³-hybridized carbons (Fsp3) is 0.125. The Balaban J connectivity index is 0. The smallest absolute Gasteiger partial charge is 1.00 e. The van der Waals surface area contributed by atoms with Crippen LogP contribution in [0.5, 0.6) is 0 Å². The minimum absolute atomic E-state index is 0. The molecule has 0 radical (unpaired) electrons. The molecule has 0 bridgehead atoms. The number of ether oxygens (including phenoxy) is 1. The second kappa shape index (κ2) is 6.57. The van der Waals surface area contributed by atoms with Gasteiger partial charge in [0.05, 0.1) is 12.0 Å². The first-order valence-corrected chi connectivity index (χ1v) is 5.40. The maximum absolute atomic E-state index is 11.5. The molecule has 0 fully saturated rings. The average Bonchev–Trinajstić information content (AvgIpc) is 2.17. The molecular formula is C8H11KN2O4S. The van der Waals surface area contributed by atoms with E-state index in [0.29, 0.717) is 5.69 Å². The summed E-state index contributed by atoms with van der Waals surface area (Å²) in [5.74, 6) is 0. The summed E-state index contributed by atoms with van der Waals surface area (Å²) in [5, 5.41) is 0. The van der Waals surface area contributed by atoms with Gasteiger partial charge in [0.1, 0.15) is 0 Å². The van der Waals surface area contributed by atoms with Crippen LogP contribution >= 0.6 is 0 Å². The molecular weight excluding hydrogens is 259 g/mol. The zero-order chi connectivity index (χ0) is 11.5. The summed E-state index contributed by atoms with van der Waals surface area (Å²) in [6.45, 7) is 0. The summed E-state index contributed by atoms with van der Waals surface area (Å²) >= 11 is 0. The van der Waals surface area contributed by atoms with E-state index < -0.39 is 16.1 Å². The van der Waals surface area contributed by atoms with Crippen molar-refractivity contribution in [2.75, 3.05) is 12.8 Å².